The number of benzene rings is 2. The van der Waals surface area contributed by atoms with Crippen LogP contribution in [0.1, 0.15) is 25.8 Å². The maximum atomic E-state index is 12.3. The Morgan fingerprint density at radius 1 is 1.26 bits per heavy atom. The molecule has 0 bridgehead atoms. The largest absolute Gasteiger partial charge is 0.497 e. The molecular formula is C21H22BrClN4O3S. The van der Waals surface area contributed by atoms with Gasteiger partial charge in [0.1, 0.15) is 11.5 Å². The highest BCUT2D eigenvalue weighted by Gasteiger charge is 2.19. The van der Waals surface area contributed by atoms with Crippen LogP contribution in [-0.2, 0) is 11.3 Å². The average Bonchev–Trinajstić information content (AvgIpc) is 3.18. The van der Waals surface area contributed by atoms with E-state index >= 15 is 0 Å². The van der Waals surface area contributed by atoms with Gasteiger partial charge in [-0.25, -0.2) is 0 Å². The lowest BCUT2D eigenvalue weighted by Crippen LogP contribution is -2.15. The van der Waals surface area contributed by atoms with Crippen molar-refractivity contribution >= 4 is 50.9 Å². The standard InChI is InChI=1S/C21H22BrClN4O3S/c1-4-27-20(13(2)30-16-7-5-6-15(11-16)29-3)25-26-21(27)31-12-19(28)24-14-8-9-17(22)18(23)10-14/h5-11,13H,4,12H2,1-3H3,(H,24,28). The monoisotopic (exact) mass is 524 g/mol. The van der Waals surface area contributed by atoms with Crippen molar-refractivity contribution in [1.29, 1.82) is 0 Å². The van der Waals surface area contributed by atoms with Gasteiger partial charge in [0.05, 0.1) is 17.9 Å². The summed E-state index contributed by atoms with van der Waals surface area (Å²) >= 11 is 10.7. The number of nitrogens with zero attached hydrogens (tertiary/aromatic N) is 3. The van der Waals surface area contributed by atoms with Crippen molar-refractivity contribution in [2.24, 2.45) is 0 Å². The minimum absolute atomic E-state index is 0.156. The Morgan fingerprint density at radius 3 is 2.74 bits per heavy atom. The highest BCUT2D eigenvalue weighted by atomic mass is 79.9. The first-order chi connectivity index (χ1) is 14.9. The lowest BCUT2D eigenvalue weighted by Gasteiger charge is -2.16. The zero-order valence-electron chi connectivity index (χ0n) is 17.3. The van der Waals surface area contributed by atoms with E-state index in [1.807, 2.05) is 42.7 Å². The topological polar surface area (TPSA) is 78.3 Å². The van der Waals surface area contributed by atoms with Crippen molar-refractivity contribution < 1.29 is 14.3 Å². The molecule has 164 valence electrons. The van der Waals surface area contributed by atoms with Crippen LogP contribution in [0.25, 0.3) is 0 Å². The second-order valence-electron chi connectivity index (χ2n) is 6.49. The minimum atomic E-state index is -0.326. The fourth-order valence-corrected chi connectivity index (χ4v) is 4.07. The molecule has 0 fully saturated rings. The molecule has 2 aromatic carbocycles. The van der Waals surface area contributed by atoms with Gasteiger partial charge in [0.25, 0.3) is 0 Å². The quantitative estimate of drug-likeness (QED) is 0.367. The van der Waals surface area contributed by atoms with Gasteiger partial charge in [0.2, 0.25) is 5.91 Å². The third-order valence-corrected chi connectivity index (χ3v) is 6.51. The van der Waals surface area contributed by atoms with E-state index in [1.54, 1.807) is 25.3 Å². The molecule has 3 rings (SSSR count). The van der Waals surface area contributed by atoms with Crippen LogP contribution in [0.5, 0.6) is 11.5 Å². The maximum Gasteiger partial charge on any atom is 0.234 e. The van der Waals surface area contributed by atoms with Gasteiger partial charge in [-0.05, 0) is 60.1 Å². The van der Waals surface area contributed by atoms with E-state index in [-0.39, 0.29) is 17.8 Å². The van der Waals surface area contributed by atoms with E-state index in [2.05, 4.69) is 31.4 Å². The fourth-order valence-electron chi connectivity index (χ4n) is 2.84. The number of hydrogen-bond donors (Lipinski definition) is 1. The third-order valence-electron chi connectivity index (χ3n) is 4.32. The van der Waals surface area contributed by atoms with Gasteiger partial charge in [-0.15, -0.1) is 10.2 Å². The molecule has 1 amide bonds. The molecule has 0 saturated heterocycles. The summed E-state index contributed by atoms with van der Waals surface area (Å²) in [4.78, 5) is 12.3. The molecule has 1 atom stereocenters. The molecular weight excluding hydrogens is 504 g/mol. The van der Waals surface area contributed by atoms with E-state index < -0.39 is 0 Å². The lowest BCUT2D eigenvalue weighted by atomic mass is 10.3. The van der Waals surface area contributed by atoms with Crippen LogP contribution < -0.4 is 14.8 Å². The molecule has 0 spiro atoms. The molecule has 1 aromatic heterocycles. The van der Waals surface area contributed by atoms with Gasteiger partial charge in [-0.2, -0.15) is 0 Å². The van der Waals surface area contributed by atoms with E-state index in [0.29, 0.717) is 34.0 Å². The summed E-state index contributed by atoms with van der Waals surface area (Å²) in [7, 11) is 1.61. The number of anilines is 1. The summed E-state index contributed by atoms with van der Waals surface area (Å²) in [5, 5.41) is 12.6. The van der Waals surface area contributed by atoms with Crippen molar-refractivity contribution in [2.75, 3.05) is 18.2 Å². The molecule has 0 aliphatic carbocycles. The Labute approximate surface area is 198 Å². The van der Waals surface area contributed by atoms with E-state index in [9.17, 15) is 4.79 Å². The first kappa shape index (κ1) is 23.4. The number of ether oxygens (including phenoxy) is 2. The van der Waals surface area contributed by atoms with E-state index in [1.165, 1.54) is 11.8 Å². The molecule has 0 saturated carbocycles. The number of hydrogen-bond acceptors (Lipinski definition) is 6. The molecule has 0 aliphatic heterocycles. The van der Waals surface area contributed by atoms with Gasteiger partial charge in [-0.3, -0.25) is 4.79 Å². The van der Waals surface area contributed by atoms with Crippen LogP contribution >= 0.6 is 39.3 Å². The number of methoxy groups -OCH3 is 1. The van der Waals surface area contributed by atoms with Crippen LogP contribution in [0.4, 0.5) is 5.69 Å². The summed E-state index contributed by atoms with van der Waals surface area (Å²) in [6.07, 6.45) is -0.326. The summed E-state index contributed by atoms with van der Waals surface area (Å²) in [6, 6.07) is 12.7. The van der Waals surface area contributed by atoms with Crippen molar-refractivity contribution in [2.45, 2.75) is 31.7 Å². The minimum Gasteiger partial charge on any atom is -0.497 e. The first-order valence-electron chi connectivity index (χ1n) is 9.52. The summed E-state index contributed by atoms with van der Waals surface area (Å²) in [5.41, 5.74) is 0.636. The fraction of sp³-hybridized carbons (Fsp3) is 0.286. The number of halogens is 2. The van der Waals surface area contributed by atoms with Crippen LogP contribution in [-0.4, -0.2) is 33.5 Å². The zero-order chi connectivity index (χ0) is 22.4. The molecule has 7 nitrogen and oxygen atoms in total. The number of carbonyl (C=O) groups is 1. The molecule has 1 unspecified atom stereocenters. The third kappa shape index (κ3) is 6.15. The molecule has 1 N–H and O–H groups in total. The number of thioether (sulfide) groups is 1. The van der Waals surface area contributed by atoms with Gasteiger partial charge >= 0.3 is 0 Å². The Bertz CT molecular complexity index is 1060. The van der Waals surface area contributed by atoms with Crippen LogP contribution in [0.2, 0.25) is 5.02 Å². The van der Waals surface area contributed by atoms with Crippen molar-refractivity contribution in [1.82, 2.24) is 14.8 Å². The number of amides is 1. The average molecular weight is 526 g/mol. The lowest BCUT2D eigenvalue weighted by molar-refractivity contribution is -0.113. The number of carbonyl (C=O) groups excluding carboxylic acids is 1. The number of aromatic nitrogens is 3. The van der Waals surface area contributed by atoms with Crippen molar-refractivity contribution in [3.63, 3.8) is 0 Å². The van der Waals surface area contributed by atoms with Crippen LogP contribution in [0.15, 0.2) is 52.1 Å². The summed E-state index contributed by atoms with van der Waals surface area (Å²) in [6.45, 7) is 4.56. The smallest absolute Gasteiger partial charge is 0.234 e. The molecule has 0 aliphatic rings. The summed E-state index contributed by atoms with van der Waals surface area (Å²) in [5.74, 6) is 2.12. The van der Waals surface area contributed by atoms with Gasteiger partial charge in [0.15, 0.2) is 17.1 Å². The first-order valence-corrected chi connectivity index (χ1v) is 11.7. The predicted octanol–water partition coefficient (Wildman–Crippen LogP) is 5.59. The van der Waals surface area contributed by atoms with Gasteiger partial charge in [-0.1, -0.05) is 29.4 Å². The van der Waals surface area contributed by atoms with Crippen molar-refractivity contribution in [3.05, 3.63) is 57.8 Å². The predicted molar refractivity (Wildman–Crippen MR) is 126 cm³/mol. The second kappa shape index (κ2) is 10.9. The Kier molecular flexibility index (Phi) is 8.22. The van der Waals surface area contributed by atoms with E-state index in [0.717, 1.165) is 10.2 Å². The van der Waals surface area contributed by atoms with Crippen LogP contribution in [0, 0.1) is 0 Å². The van der Waals surface area contributed by atoms with E-state index in [4.69, 9.17) is 21.1 Å². The van der Waals surface area contributed by atoms with Crippen molar-refractivity contribution in [3.8, 4) is 11.5 Å². The molecule has 31 heavy (non-hydrogen) atoms. The normalized spacial score (nSPS) is 11.8. The Hall–Kier alpha value is -2.23. The molecule has 1 heterocycles. The molecule has 10 heteroatoms. The zero-order valence-corrected chi connectivity index (χ0v) is 20.4. The Balaban J connectivity index is 1.63. The second-order valence-corrected chi connectivity index (χ2v) is 8.69. The van der Waals surface area contributed by atoms with Gasteiger partial charge < -0.3 is 19.4 Å². The highest BCUT2D eigenvalue weighted by Crippen LogP contribution is 2.28. The van der Waals surface area contributed by atoms with Crippen LogP contribution in [0.3, 0.4) is 0 Å². The summed E-state index contributed by atoms with van der Waals surface area (Å²) < 4.78 is 14.0. The molecule has 0 radical (unpaired) electrons. The number of rotatable bonds is 9. The highest BCUT2D eigenvalue weighted by molar-refractivity contribution is 9.10. The van der Waals surface area contributed by atoms with Gasteiger partial charge in [0, 0.05) is 22.8 Å². The SMILES string of the molecule is CCn1c(SCC(=O)Nc2ccc(Br)c(Cl)c2)nnc1C(C)Oc1cccc(OC)c1. The number of nitrogens with one attached hydrogen (secondary N) is 1. The maximum absolute atomic E-state index is 12.3. The molecule has 3 aromatic rings. The Morgan fingerprint density at radius 2 is 2.03 bits per heavy atom.